The molecule has 1 rings (SSSR count). The Morgan fingerprint density at radius 1 is 1.47 bits per heavy atom. The molecule has 0 bridgehead atoms. The number of aliphatic hydroxyl groups is 1. The average molecular weight is 210 g/mol. The molecule has 0 amide bonds. The number of benzene rings is 1. The van der Waals surface area contributed by atoms with Crippen LogP contribution < -0.4 is 0 Å². The van der Waals surface area contributed by atoms with Crippen molar-refractivity contribution in [3.63, 3.8) is 0 Å². The van der Waals surface area contributed by atoms with Gasteiger partial charge in [-0.15, -0.1) is 0 Å². The summed E-state index contributed by atoms with van der Waals surface area (Å²) < 4.78 is 13.6. The lowest BCUT2D eigenvalue weighted by Gasteiger charge is -2.30. The highest BCUT2D eigenvalue weighted by molar-refractivity contribution is 5.29. The topological polar surface area (TPSA) is 20.2 Å². The van der Waals surface area contributed by atoms with Crippen LogP contribution in [0.15, 0.2) is 18.2 Å². The van der Waals surface area contributed by atoms with Gasteiger partial charge < -0.3 is 5.11 Å². The molecular formula is C13H19FO. The SMILES string of the molecule is CCC(C)C(C)(O)c1cc(C)ccc1F. The van der Waals surface area contributed by atoms with Gasteiger partial charge in [-0.05, 0) is 25.8 Å². The normalized spacial score (nSPS) is 17.2. The fourth-order valence-corrected chi connectivity index (χ4v) is 1.69. The monoisotopic (exact) mass is 210 g/mol. The van der Waals surface area contributed by atoms with Crippen molar-refractivity contribution in [1.29, 1.82) is 0 Å². The quantitative estimate of drug-likeness (QED) is 0.810. The van der Waals surface area contributed by atoms with Gasteiger partial charge in [-0.1, -0.05) is 38.0 Å². The van der Waals surface area contributed by atoms with E-state index >= 15 is 0 Å². The summed E-state index contributed by atoms with van der Waals surface area (Å²) in [5.41, 5.74) is 0.275. The smallest absolute Gasteiger partial charge is 0.129 e. The second kappa shape index (κ2) is 4.31. The van der Waals surface area contributed by atoms with Crippen LogP contribution in [0.4, 0.5) is 4.39 Å². The Kier molecular flexibility index (Phi) is 3.50. The van der Waals surface area contributed by atoms with Gasteiger partial charge in [0, 0.05) is 5.56 Å². The van der Waals surface area contributed by atoms with Crippen molar-refractivity contribution >= 4 is 0 Å². The average Bonchev–Trinajstić information content (AvgIpc) is 2.20. The fourth-order valence-electron chi connectivity index (χ4n) is 1.69. The molecule has 0 aromatic heterocycles. The lowest BCUT2D eigenvalue weighted by molar-refractivity contribution is -0.00319. The molecule has 0 aliphatic rings. The van der Waals surface area contributed by atoms with E-state index in [1.807, 2.05) is 20.8 Å². The first-order chi connectivity index (χ1) is 6.89. The first kappa shape index (κ1) is 12.2. The van der Waals surface area contributed by atoms with Crippen LogP contribution in [0.5, 0.6) is 0 Å². The summed E-state index contributed by atoms with van der Waals surface area (Å²) in [5.74, 6) is -0.292. The lowest BCUT2D eigenvalue weighted by Crippen LogP contribution is -2.30. The molecule has 2 unspecified atom stereocenters. The molecule has 0 aliphatic heterocycles. The van der Waals surface area contributed by atoms with Crippen LogP contribution in [0.2, 0.25) is 0 Å². The lowest BCUT2D eigenvalue weighted by atomic mass is 9.82. The minimum Gasteiger partial charge on any atom is -0.385 e. The van der Waals surface area contributed by atoms with Crippen molar-refractivity contribution in [1.82, 2.24) is 0 Å². The molecule has 2 atom stereocenters. The van der Waals surface area contributed by atoms with E-state index in [9.17, 15) is 9.50 Å². The molecule has 1 N–H and O–H groups in total. The minimum atomic E-state index is -1.09. The molecule has 84 valence electrons. The largest absolute Gasteiger partial charge is 0.385 e. The third-order valence-electron chi connectivity index (χ3n) is 3.24. The van der Waals surface area contributed by atoms with Crippen molar-refractivity contribution in [2.24, 2.45) is 5.92 Å². The molecular weight excluding hydrogens is 191 g/mol. The minimum absolute atomic E-state index is 0.0359. The molecule has 2 heteroatoms. The number of halogens is 1. The molecule has 0 saturated carbocycles. The van der Waals surface area contributed by atoms with E-state index in [-0.39, 0.29) is 11.7 Å². The van der Waals surface area contributed by atoms with Crippen molar-refractivity contribution < 1.29 is 9.50 Å². The van der Waals surface area contributed by atoms with Gasteiger partial charge in [0.2, 0.25) is 0 Å². The third kappa shape index (κ3) is 2.37. The Balaban J connectivity index is 3.19. The van der Waals surface area contributed by atoms with Crippen molar-refractivity contribution in [2.45, 2.75) is 39.7 Å². The zero-order valence-corrected chi connectivity index (χ0v) is 9.84. The van der Waals surface area contributed by atoms with Crippen LogP contribution in [0.1, 0.15) is 38.3 Å². The summed E-state index contributed by atoms with van der Waals surface area (Å²) in [6.07, 6.45) is 0.820. The summed E-state index contributed by atoms with van der Waals surface area (Å²) >= 11 is 0. The van der Waals surface area contributed by atoms with Gasteiger partial charge in [-0.3, -0.25) is 0 Å². The van der Waals surface area contributed by atoms with Crippen molar-refractivity contribution in [2.75, 3.05) is 0 Å². The predicted molar refractivity (Wildman–Crippen MR) is 60.2 cm³/mol. The van der Waals surface area contributed by atoms with E-state index in [1.165, 1.54) is 6.07 Å². The Labute approximate surface area is 90.9 Å². The molecule has 0 heterocycles. The van der Waals surface area contributed by atoms with Gasteiger partial charge >= 0.3 is 0 Å². The predicted octanol–water partition coefficient (Wildman–Crippen LogP) is 3.39. The maximum absolute atomic E-state index is 13.6. The van der Waals surface area contributed by atoms with E-state index in [4.69, 9.17) is 0 Å². The molecule has 0 aliphatic carbocycles. The van der Waals surface area contributed by atoms with E-state index < -0.39 is 5.60 Å². The standard InChI is InChI=1S/C13H19FO/c1-5-10(3)13(4,15)11-8-9(2)6-7-12(11)14/h6-8,10,15H,5H2,1-4H3. The van der Waals surface area contributed by atoms with Gasteiger partial charge in [0.05, 0.1) is 5.60 Å². The maximum atomic E-state index is 13.6. The Hall–Kier alpha value is -0.890. The molecule has 1 aromatic carbocycles. The molecule has 0 fully saturated rings. The second-order valence-electron chi connectivity index (χ2n) is 4.44. The number of hydrogen-bond acceptors (Lipinski definition) is 1. The zero-order chi connectivity index (χ0) is 11.6. The summed E-state index contributed by atoms with van der Waals surface area (Å²) in [6.45, 7) is 7.50. The van der Waals surface area contributed by atoms with Crippen molar-refractivity contribution in [3.8, 4) is 0 Å². The highest BCUT2D eigenvalue weighted by Gasteiger charge is 2.31. The molecule has 0 radical (unpaired) electrons. The van der Waals surface area contributed by atoms with Crippen molar-refractivity contribution in [3.05, 3.63) is 35.1 Å². The Morgan fingerprint density at radius 3 is 2.60 bits per heavy atom. The van der Waals surface area contributed by atoms with Gasteiger partial charge in [0.25, 0.3) is 0 Å². The second-order valence-corrected chi connectivity index (χ2v) is 4.44. The van der Waals surface area contributed by atoms with E-state index in [0.717, 1.165) is 12.0 Å². The Bertz CT molecular complexity index is 344. The first-order valence-corrected chi connectivity index (χ1v) is 5.38. The van der Waals surface area contributed by atoms with E-state index in [2.05, 4.69) is 0 Å². The maximum Gasteiger partial charge on any atom is 0.129 e. The summed E-state index contributed by atoms with van der Waals surface area (Å²) in [5, 5.41) is 10.3. The van der Waals surface area contributed by atoms with Crippen LogP contribution >= 0.6 is 0 Å². The summed E-state index contributed by atoms with van der Waals surface area (Å²) in [6, 6.07) is 4.86. The first-order valence-electron chi connectivity index (χ1n) is 5.38. The summed E-state index contributed by atoms with van der Waals surface area (Å²) in [4.78, 5) is 0. The third-order valence-corrected chi connectivity index (χ3v) is 3.24. The number of hydrogen-bond donors (Lipinski definition) is 1. The van der Waals surface area contributed by atoms with Crippen LogP contribution in [0, 0.1) is 18.7 Å². The van der Waals surface area contributed by atoms with E-state index in [0.29, 0.717) is 5.56 Å². The number of rotatable bonds is 3. The Morgan fingerprint density at radius 2 is 2.07 bits per heavy atom. The van der Waals surface area contributed by atoms with Crippen LogP contribution in [-0.2, 0) is 5.60 Å². The molecule has 0 saturated heterocycles. The molecule has 0 spiro atoms. The summed E-state index contributed by atoms with van der Waals surface area (Å²) in [7, 11) is 0. The van der Waals surface area contributed by atoms with Crippen LogP contribution in [0.25, 0.3) is 0 Å². The van der Waals surface area contributed by atoms with Gasteiger partial charge in [-0.25, -0.2) is 4.39 Å². The van der Waals surface area contributed by atoms with Gasteiger partial charge in [-0.2, -0.15) is 0 Å². The van der Waals surface area contributed by atoms with Gasteiger partial charge in [0.1, 0.15) is 5.82 Å². The molecule has 1 nitrogen and oxygen atoms in total. The molecule has 1 aromatic rings. The highest BCUT2D eigenvalue weighted by atomic mass is 19.1. The molecule has 15 heavy (non-hydrogen) atoms. The van der Waals surface area contributed by atoms with E-state index in [1.54, 1.807) is 19.1 Å². The van der Waals surface area contributed by atoms with Gasteiger partial charge in [0.15, 0.2) is 0 Å². The number of aryl methyl sites for hydroxylation is 1. The highest BCUT2D eigenvalue weighted by Crippen LogP contribution is 2.33. The van der Waals surface area contributed by atoms with Crippen LogP contribution in [-0.4, -0.2) is 5.11 Å². The zero-order valence-electron chi connectivity index (χ0n) is 9.84. The van der Waals surface area contributed by atoms with Crippen LogP contribution in [0.3, 0.4) is 0 Å². The fraction of sp³-hybridized carbons (Fsp3) is 0.538.